The van der Waals surface area contributed by atoms with Gasteiger partial charge >= 0.3 is 0 Å². The number of carbonyl (C=O) groups is 3. The van der Waals surface area contributed by atoms with Crippen LogP contribution in [0.1, 0.15) is 50.4 Å². The summed E-state index contributed by atoms with van der Waals surface area (Å²) in [6.07, 6.45) is 3.09. The van der Waals surface area contributed by atoms with Gasteiger partial charge in [-0.2, -0.15) is 4.37 Å². The van der Waals surface area contributed by atoms with E-state index in [1.54, 1.807) is 24.3 Å². The summed E-state index contributed by atoms with van der Waals surface area (Å²) in [4.78, 5) is 40.2. The van der Waals surface area contributed by atoms with Crippen molar-refractivity contribution >= 4 is 34.9 Å². The lowest BCUT2D eigenvalue weighted by atomic mass is 10.0. The standard InChI is InChI=1S/C23H25N5O6S/c24-17-18(21(25)30)27-35-20(17)23(32)28(12-16-4-2-10-34-16)19(13-5-7-14(29)8-6-13)22(31)26-11-15-3-1-9-33-15/h2,4-8,10,15,19,29H,1,3,9,11-12,24H2,(H2,25,30)(H,26,31)/t15-,19+/m0/s1. The number of nitrogens with two attached hydrogens (primary N) is 2. The number of nitrogen functional groups attached to an aromatic ring is 1. The Kier molecular flexibility index (Phi) is 7.32. The Morgan fingerprint density at radius 2 is 2.03 bits per heavy atom. The summed E-state index contributed by atoms with van der Waals surface area (Å²) in [5, 5.41) is 12.6. The molecule has 2 aromatic heterocycles. The van der Waals surface area contributed by atoms with Crippen molar-refractivity contribution in [2.75, 3.05) is 18.9 Å². The predicted molar refractivity (Wildman–Crippen MR) is 126 cm³/mol. The Morgan fingerprint density at radius 1 is 1.26 bits per heavy atom. The summed E-state index contributed by atoms with van der Waals surface area (Å²) >= 11 is 0.725. The van der Waals surface area contributed by atoms with Gasteiger partial charge in [0, 0.05) is 13.2 Å². The van der Waals surface area contributed by atoms with Crippen LogP contribution in [0.3, 0.4) is 0 Å². The zero-order valence-corrected chi connectivity index (χ0v) is 19.5. The van der Waals surface area contributed by atoms with Gasteiger partial charge < -0.3 is 35.9 Å². The molecule has 1 aliphatic rings. The van der Waals surface area contributed by atoms with Crippen molar-refractivity contribution in [3.8, 4) is 5.75 Å². The number of carbonyl (C=O) groups excluding carboxylic acids is 3. The number of ether oxygens (including phenoxy) is 1. The molecule has 2 atom stereocenters. The number of hydrogen-bond acceptors (Lipinski definition) is 9. The minimum absolute atomic E-state index is 0.00831. The molecule has 1 aliphatic heterocycles. The first-order valence-electron chi connectivity index (χ1n) is 10.9. The van der Waals surface area contributed by atoms with Crippen LogP contribution in [0, 0.1) is 0 Å². The molecule has 0 aliphatic carbocycles. The van der Waals surface area contributed by atoms with Gasteiger partial charge in [-0.3, -0.25) is 14.4 Å². The molecule has 6 N–H and O–H groups in total. The molecular formula is C23H25N5O6S. The van der Waals surface area contributed by atoms with Crippen molar-refractivity contribution in [3.05, 3.63) is 64.6 Å². The number of phenols is 1. The number of hydrogen-bond donors (Lipinski definition) is 4. The smallest absolute Gasteiger partial charge is 0.270 e. The van der Waals surface area contributed by atoms with Gasteiger partial charge in [0.15, 0.2) is 5.69 Å². The Bertz CT molecular complexity index is 1190. The molecule has 1 saturated heterocycles. The van der Waals surface area contributed by atoms with Gasteiger partial charge in [0.05, 0.1) is 24.6 Å². The molecule has 1 aromatic carbocycles. The van der Waals surface area contributed by atoms with Crippen LogP contribution in [-0.2, 0) is 16.1 Å². The number of phenolic OH excluding ortho intramolecular Hbond substituents is 1. The molecule has 3 aromatic rings. The van der Waals surface area contributed by atoms with Crippen LogP contribution in [0.5, 0.6) is 5.75 Å². The van der Waals surface area contributed by atoms with E-state index in [2.05, 4.69) is 9.69 Å². The third-order valence-corrected chi connectivity index (χ3v) is 6.47. The molecule has 0 bridgehead atoms. The third-order valence-electron chi connectivity index (χ3n) is 5.62. The monoisotopic (exact) mass is 499 g/mol. The predicted octanol–water partition coefficient (Wildman–Crippen LogP) is 1.80. The van der Waals surface area contributed by atoms with E-state index in [0.29, 0.717) is 17.9 Å². The number of aromatic nitrogens is 1. The summed E-state index contributed by atoms with van der Waals surface area (Å²) in [5.74, 6) is -1.51. The van der Waals surface area contributed by atoms with E-state index in [-0.39, 0.29) is 41.2 Å². The summed E-state index contributed by atoms with van der Waals surface area (Å²) in [7, 11) is 0. The number of furan rings is 1. The van der Waals surface area contributed by atoms with Gasteiger partial charge in [-0.25, -0.2) is 0 Å². The average Bonchev–Trinajstić information content (AvgIpc) is 3.60. The second-order valence-electron chi connectivity index (χ2n) is 8.02. The minimum Gasteiger partial charge on any atom is -0.508 e. The maximum absolute atomic E-state index is 13.7. The maximum atomic E-state index is 13.7. The van der Waals surface area contributed by atoms with E-state index >= 15 is 0 Å². The first kappa shape index (κ1) is 24.2. The molecule has 3 heterocycles. The highest BCUT2D eigenvalue weighted by Crippen LogP contribution is 2.31. The van der Waals surface area contributed by atoms with Crippen LogP contribution < -0.4 is 16.8 Å². The van der Waals surface area contributed by atoms with Gasteiger partial charge in [0.2, 0.25) is 5.91 Å². The number of nitrogens with one attached hydrogen (secondary N) is 1. The minimum atomic E-state index is -1.12. The van der Waals surface area contributed by atoms with E-state index in [1.807, 2.05) is 0 Å². The second kappa shape index (κ2) is 10.6. The third kappa shape index (κ3) is 5.44. The summed E-state index contributed by atoms with van der Waals surface area (Å²) in [5.41, 5.74) is 11.4. The quantitative estimate of drug-likeness (QED) is 0.345. The fourth-order valence-electron chi connectivity index (χ4n) is 3.86. The van der Waals surface area contributed by atoms with E-state index < -0.39 is 23.8 Å². The van der Waals surface area contributed by atoms with Crippen molar-refractivity contribution < 1.29 is 28.6 Å². The van der Waals surface area contributed by atoms with Crippen LogP contribution >= 0.6 is 11.5 Å². The number of aromatic hydroxyl groups is 1. The fourth-order valence-corrected chi connectivity index (χ4v) is 4.62. The van der Waals surface area contributed by atoms with Gasteiger partial charge in [-0.1, -0.05) is 12.1 Å². The maximum Gasteiger partial charge on any atom is 0.270 e. The lowest BCUT2D eigenvalue weighted by molar-refractivity contribution is -0.126. The number of amides is 3. The molecule has 184 valence electrons. The van der Waals surface area contributed by atoms with Crippen molar-refractivity contribution in [1.82, 2.24) is 14.6 Å². The highest BCUT2D eigenvalue weighted by molar-refractivity contribution is 7.09. The Morgan fingerprint density at radius 3 is 2.63 bits per heavy atom. The van der Waals surface area contributed by atoms with E-state index in [4.69, 9.17) is 20.6 Å². The molecule has 0 unspecified atom stereocenters. The molecular weight excluding hydrogens is 474 g/mol. The number of primary amides is 1. The van der Waals surface area contributed by atoms with Crippen molar-refractivity contribution in [3.63, 3.8) is 0 Å². The zero-order chi connectivity index (χ0) is 24.9. The van der Waals surface area contributed by atoms with Crippen LogP contribution in [0.15, 0.2) is 47.1 Å². The first-order chi connectivity index (χ1) is 16.8. The highest BCUT2D eigenvalue weighted by atomic mass is 32.1. The second-order valence-corrected chi connectivity index (χ2v) is 8.80. The number of benzene rings is 1. The van der Waals surface area contributed by atoms with Crippen LogP contribution in [-0.4, -0.2) is 51.4 Å². The van der Waals surface area contributed by atoms with Crippen LogP contribution in [0.4, 0.5) is 5.69 Å². The lowest BCUT2D eigenvalue weighted by Crippen LogP contribution is -2.45. The first-order valence-corrected chi connectivity index (χ1v) is 11.7. The Labute approximate surface area is 204 Å². The largest absolute Gasteiger partial charge is 0.508 e. The molecule has 35 heavy (non-hydrogen) atoms. The molecule has 0 saturated carbocycles. The summed E-state index contributed by atoms with van der Waals surface area (Å²) < 4.78 is 15.0. The van der Waals surface area contributed by atoms with Crippen LogP contribution in [0.25, 0.3) is 0 Å². The van der Waals surface area contributed by atoms with Gasteiger partial charge in [-0.05, 0) is 54.2 Å². The van der Waals surface area contributed by atoms with Gasteiger partial charge in [0.1, 0.15) is 22.4 Å². The van der Waals surface area contributed by atoms with Gasteiger partial charge in [-0.15, -0.1) is 0 Å². The molecule has 12 heteroatoms. The molecule has 3 amide bonds. The normalized spacial score (nSPS) is 16.1. The van der Waals surface area contributed by atoms with Crippen molar-refractivity contribution in [2.45, 2.75) is 31.5 Å². The van der Waals surface area contributed by atoms with Crippen LogP contribution in [0.2, 0.25) is 0 Å². The molecule has 11 nitrogen and oxygen atoms in total. The average molecular weight is 500 g/mol. The zero-order valence-electron chi connectivity index (χ0n) is 18.7. The van der Waals surface area contributed by atoms with Crippen molar-refractivity contribution in [1.29, 1.82) is 0 Å². The molecule has 4 rings (SSSR count). The summed E-state index contributed by atoms with van der Waals surface area (Å²) in [6, 6.07) is 8.18. The van der Waals surface area contributed by atoms with Gasteiger partial charge in [0.25, 0.3) is 11.8 Å². The summed E-state index contributed by atoms with van der Waals surface area (Å²) in [6.45, 7) is 0.844. The topological polar surface area (TPSA) is 174 Å². The lowest BCUT2D eigenvalue weighted by Gasteiger charge is -2.31. The highest BCUT2D eigenvalue weighted by Gasteiger charge is 2.35. The number of rotatable bonds is 9. The Hall–Kier alpha value is -3.90. The number of nitrogens with zero attached hydrogens (tertiary/aromatic N) is 2. The van der Waals surface area contributed by atoms with Crippen molar-refractivity contribution in [2.24, 2.45) is 5.73 Å². The Balaban J connectivity index is 1.72. The molecule has 0 spiro atoms. The van der Waals surface area contributed by atoms with E-state index in [0.717, 1.165) is 24.4 Å². The number of anilines is 1. The SMILES string of the molecule is NC(=O)c1nsc(C(=O)N(Cc2ccco2)[C@@H](C(=O)NC[C@@H]2CCCO2)c2ccc(O)cc2)c1N. The molecule has 0 radical (unpaired) electrons. The van der Waals surface area contributed by atoms with E-state index in [1.165, 1.54) is 23.3 Å². The van der Waals surface area contributed by atoms with E-state index in [9.17, 15) is 19.5 Å². The fraction of sp³-hybridized carbons (Fsp3) is 0.304. The molecule has 1 fully saturated rings.